The van der Waals surface area contributed by atoms with Crippen LogP contribution < -0.4 is 0 Å². The number of nitrogens with zero attached hydrogens (tertiary/aromatic N) is 2. The van der Waals surface area contributed by atoms with E-state index >= 15 is 0 Å². The Bertz CT molecular complexity index is 373. The highest BCUT2D eigenvalue weighted by Gasteiger charge is 2.30. The fraction of sp³-hybridized carbons (Fsp3) is 0.455. The molecule has 15 heavy (non-hydrogen) atoms. The van der Waals surface area contributed by atoms with Crippen LogP contribution in [0.15, 0.2) is 18.5 Å². The number of H-pyrrole nitrogens is 1. The Kier molecular flexibility index (Phi) is 3.15. The minimum absolute atomic E-state index is 0.161. The molecule has 0 radical (unpaired) electrons. The van der Waals surface area contributed by atoms with Gasteiger partial charge in [0.25, 0.3) is 0 Å². The highest BCUT2D eigenvalue weighted by atomic mass is 16.2. The molecule has 80 valence electrons. The number of hydrogen-bond acceptors (Lipinski definition) is 2. The number of aromatic amines is 1. The van der Waals surface area contributed by atoms with Crippen molar-refractivity contribution >= 4 is 5.91 Å². The molecular weight excluding hydrogens is 190 g/mol. The van der Waals surface area contributed by atoms with Crippen molar-refractivity contribution in [2.75, 3.05) is 7.05 Å². The van der Waals surface area contributed by atoms with Gasteiger partial charge in [-0.05, 0) is 25.5 Å². The summed E-state index contributed by atoms with van der Waals surface area (Å²) in [4.78, 5) is 16.3. The molecule has 1 amide bonds. The third-order valence-electron chi connectivity index (χ3n) is 2.24. The van der Waals surface area contributed by atoms with E-state index in [0.717, 1.165) is 5.56 Å². The van der Waals surface area contributed by atoms with E-state index in [0.29, 0.717) is 6.54 Å². The molecule has 0 aromatic carbocycles. The number of nitrogens with one attached hydrogen (secondary N) is 1. The van der Waals surface area contributed by atoms with Crippen molar-refractivity contribution in [2.24, 2.45) is 5.41 Å². The molecule has 0 spiro atoms. The number of aromatic nitrogens is 1. The van der Waals surface area contributed by atoms with Crippen molar-refractivity contribution in [3.8, 4) is 6.07 Å². The summed E-state index contributed by atoms with van der Waals surface area (Å²) in [5, 5.41) is 8.84. The predicted octanol–water partition coefficient (Wildman–Crippen LogP) is 1.52. The Hall–Kier alpha value is -1.76. The molecule has 1 rings (SSSR count). The van der Waals surface area contributed by atoms with Crippen LogP contribution in [0.4, 0.5) is 0 Å². The van der Waals surface area contributed by atoms with Gasteiger partial charge in [0.1, 0.15) is 5.41 Å². The van der Waals surface area contributed by atoms with Crippen molar-refractivity contribution in [3.63, 3.8) is 0 Å². The number of carbonyl (C=O) groups excluding carboxylic acids is 1. The monoisotopic (exact) mass is 205 g/mol. The maximum Gasteiger partial charge on any atom is 0.242 e. The van der Waals surface area contributed by atoms with Crippen LogP contribution in [-0.2, 0) is 11.3 Å². The highest BCUT2D eigenvalue weighted by Crippen LogP contribution is 2.17. The first-order valence-electron chi connectivity index (χ1n) is 4.76. The van der Waals surface area contributed by atoms with E-state index in [-0.39, 0.29) is 5.91 Å². The smallest absolute Gasteiger partial charge is 0.242 e. The summed E-state index contributed by atoms with van der Waals surface area (Å²) in [6.45, 7) is 3.78. The summed E-state index contributed by atoms with van der Waals surface area (Å²) < 4.78 is 0. The topological polar surface area (TPSA) is 59.9 Å². The van der Waals surface area contributed by atoms with Crippen LogP contribution in [-0.4, -0.2) is 22.8 Å². The third-order valence-corrected chi connectivity index (χ3v) is 2.24. The van der Waals surface area contributed by atoms with Crippen LogP contribution in [0.5, 0.6) is 0 Å². The van der Waals surface area contributed by atoms with E-state index in [1.165, 1.54) is 0 Å². The summed E-state index contributed by atoms with van der Waals surface area (Å²) in [5.74, 6) is -0.161. The molecule has 0 unspecified atom stereocenters. The Balaban J connectivity index is 2.67. The maximum absolute atomic E-state index is 11.8. The average Bonchev–Trinajstić information content (AvgIpc) is 2.69. The first-order chi connectivity index (χ1) is 6.97. The second-order valence-corrected chi connectivity index (χ2v) is 4.12. The van der Waals surface area contributed by atoms with Crippen LogP contribution in [0.3, 0.4) is 0 Å². The van der Waals surface area contributed by atoms with Crippen molar-refractivity contribution in [1.82, 2.24) is 9.88 Å². The van der Waals surface area contributed by atoms with E-state index < -0.39 is 5.41 Å². The van der Waals surface area contributed by atoms with Crippen molar-refractivity contribution in [3.05, 3.63) is 24.0 Å². The van der Waals surface area contributed by atoms with Gasteiger partial charge in [0.2, 0.25) is 5.91 Å². The molecule has 0 bridgehead atoms. The second-order valence-electron chi connectivity index (χ2n) is 4.12. The minimum Gasteiger partial charge on any atom is -0.367 e. The Morgan fingerprint density at radius 3 is 2.80 bits per heavy atom. The second kappa shape index (κ2) is 4.18. The van der Waals surface area contributed by atoms with Gasteiger partial charge in [0.15, 0.2) is 0 Å². The van der Waals surface area contributed by atoms with Gasteiger partial charge < -0.3 is 9.88 Å². The van der Waals surface area contributed by atoms with E-state index in [9.17, 15) is 4.79 Å². The van der Waals surface area contributed by atoms with Gasteiger partial charge >= 0.3 is 0 Å². The minimum atomic E-state index is -0.953. The molecule has 0 saturated heterocycles. The standard InChI is InChI=1S/C11H15N3O/c1-11(2,8-12)10(15)14(3)7-9-4-5-13-6-9/h4-6,13H,7H2,1-3H3. The molecule has 4 nitrogen and oxygen atoms in total. The van der Waals surface area contributed by atoms with Gasteiger partial charge in [-0.15, -0.1) is 0 Å². The molecular formula is C11H15N3O. The van der Waals surface area contributed by atoms with E-state index in [2.05, 4.69) is 4.98 Å². The lowest BCUT2D eigenvalue weighted by atomic mass is 9.94. The summed E-state index contributed by atoms with van der Waals surface area (Å²) in [6, 6.07) is 3.91. The first kappa shape index (κ1) is 11.3. The van der Waals surface area contributed by atoms with Gasteiger partial charge in [0.05, 0.1) is 6.07 Å². The van der Waals surface area contributed by atoms with Crippen molar-refractivity contribution in [2.45, 2.75) is 20.4 Å². The molecule has 4 heteroatoms. The highest BCUT2D eigenvalue weighted by molar-refractivity contribution is 5.84. The van der Waals surface area contributed by atoms with Gasteiger partial charge in [-0.25, -0.2) is 0 Å². The lowest BCUT2D eigenvalue weighted by Crippen LogP contribution is -2.37. The third kappa shape index (κ3) is 2.59. The normalized spacial score (nSPS) is 10.8. The van der Waals surface area contributed by atoms with E-state index in [1.807, 2.05) is 24.5 Å². The molecule has 0 aliphatic carbocycles. The fourth-order valence-corrected chi connectivity index (χ4v) is 1.33. The number of rotatable bonds is 3. The molecule has 1 heterocycles. The van der Waals surface area contributed by atoms with Crippen molar-refractivity contribution < 1.29 is 4.79 Å². The van der Waals surface area contributed by atoms with Crippen LogP contribution in [0.25, 0.3) is 0 Å². The lowest BCUT2D eigenvalue weighted by molar-refractivity contribution is -0.136. The quantitative estimate of drug-likeness (QED) is 0.813. The number of nitriles is 1. The average molecular weight is 205 g/mol. The van der Waals surface area contributed by atoms with Crippen molar-refractivity contribution in [1.29, 1.82) is 5.26 Å². The molecule has 0 saturated carbocycles. The number of hydrogen-bond donors (Lipinski definition) is 1. The van der Waals surface area contributed by atoms with Crippen LogP contribution in [0.1, 0.15) is 19.4 Å². The largest absolute Gasteiger partial charge is 0.367 e. The zero-order chi connectivity index (χ0) is 11.5. The Morgan fingerprint density at radius 1 is 1.67 bits per heavy atom. The molecule has 1 aromatic rings. The molecule has 1 N–H and O–H groups in total. The van der Waals surface area contributed by atoms with Gasteiger partial charge in [0, 0.05) is 26.0 Å². The predicted molar refractivity (Wildman–Crippen MR) is 56.7 cm³/mol. The first-order valence-corrected chi connectivity index (χ1v) is 4.76. The van der Waals surface area contributed by atoms with Gasteiger partial charge in [-0.2, -0.15) is 5.26 Å². The van der Waals surface area contributed by atoms with Crippen LogP contribution >= 0.6 is 0 Å². The molecule has 1 aromatic heterocycles. The maximum atomic E-state index is 11.8. The Labute approximate surface area is 89.5 Å². The SMILES string of the molecule is CN(Cc1cc[nH]c1)C(=O)C(C)(C)C#N. The molecule has 0 aliphatic heterocycles. The van der Waals surface area contributed by atoms with Gasteiger partial charge in [-0.1, -0.05) is 0 Å². The summed E-state index contributed by atoms with van der Waals surface area (Å²) in [7, 11) is 1.70. The van der Waals surface area contributed by atoms with E-state index in [1.54, 1.807) is 25.8 Å². The Morgan fingerprint density at radius 2 is 2.33 bits per heavy atom. The van der Waals surface area contributed by atoms with Crippen LogP contribution in [0.2, 0.25) is 0 Å². The molecule has 0 aliphatic rings. The summed E-state index contributed by atoms with van der Waals surface area (Å²) >= 11 is 0. The zero-order valence-corrected chi connectivity index (χ0v) is 9.24. The van der Waals surface area contributed by atoms with Crippen LogP contribution in [0, 0.1) is 16.7 Å². The van der Waals surface area contributed by atoms with Gasteiger partial charge in [-0.3, -0.25) is 4.79 Å². The molecule has 0 fully saturated rings. The fourth-order valence-electron chi connectivity index (χ4n) is 1.33. The number of carbonyl (C=O) groups is 1. The lowest BCUT2D eigenvalue weighted by Gasteiger charge is -2.23. The van der Waals surface area contributed by atoms with E-state index in [4.69, 9.17) is 5.26 Å². The summed E-state index contributed by atoms with van der Waals surface area (Å²) in [6.07, 6.45) is 3.65. The zero-order valence-electron chi connectivity index (χ0n) is 9.24. The number of amides is 1. The summed E-state index contributed by atoms with van der Waals surface area (Å²) in [5.41, 5.74) is 0.0741. The molecule has 0 atom stereocenters.